The number of sulfonamides is 1. The molecule has 2 amide bonds. The summed E-state index contributed by atoms with van der Waals surface area (Å²) in [5, 5.41) is 3.09. The first-order valence-electron chi connectivity index (χ1n) is 14.4. The smallest absolute Gasteiger partial charge is 0.264 e. The lowest BCUT2D eigenvalue weighted by atomic mass is 10.1. The van der Waals surface area contributed by atoms with Crippen LogP contribution in [0.5, 0.6) is 5.75 Å². The molecule has 0 aromatic heterocycles. The van der Waals surface area contributed by atoms with Crippen molar-refractivity contribution >= 4 is 27.5 Å². The lowest BCUT2D eigenvalue weighted by molar-refractivity contribution is -0.139. The van der Waals surface area contributed by atoms with Crippen molar-refractivity contribution in [3.63, 3.8) is 0 Å². The second-order valence-electron chi connectivity index (χ2n) is 11.2. The van der Waals surface area contributed by atoms with Crippen LogP contribution >= 0.6 is 0 Å². The Kier molecular flexibility index (Phi) is 9.93. The van der Waals surface area contributed by atoms with E-state index in [0.29, 0.717) is 11.4 Å². The van der Waals surface area contributed by atoms with E-state index in [4.69, 9.17) is 4.74 Å². The Morgan fingerprint density at radius 2 is 1.62 bits per heavy atom. The molecule has 0 bridgehead atoms. The number of nitrogens with zero attached hydrogens (tertiary/aromatic N) is 2. The van der Waals surface area contributed by atoms with Crippen LogP contribution in [0, 0.1) is 20.8 Å². The topological polar surface area (TPSA) is 96.0 Å². The van der Waals surface area contributed by atoms with Gasteiger partial charge in [0.15, 0.2) is 0 Å². The highest BCUT2D eigenvalue weighted by Crippen LogP contribution is 2.29. The van der Waals surface area contributed by atoms with Crippen molar-refractivity contribution in [2.75, 3.05) is 18.0 Å². The summed E-state index contributed by atoms with van der Waals surface area (Å²) < 4.78 is 34.7. The van der Waals surface area contributed by atoms with Gasteiger partial charge >= 0.3 is 0 Å². The summed E-state index contributed by atoms with van der Waals surface area (Å²) in [6.45, 7) is 6.98. The number of hydrogen-bond donors (Lipinski definition) is 1. The van der Waals surface area contributed by atoms with Crippen molar-refractivity contribution in [2.24, 2.45) is 0 Å². The van der Waals surface area contributed by atoms with Gasteiger partial charge in [-0.15, -0.1) is 0 Å². The molecule has 3 aromatic rings. The van der Waals surface area contributed by atoms with E-state index in [1.54, 1.807) is 44.4 Å². The number of rotatable bonds is 11. The summed E-state index contributed by atoms with van der Waals surface area (Å²) in [5.41, 5.74) is 3.81. The van der Waals surface area contributed by atoms with Crippen LogP contribution < -0.4 is 14.4 Å². The van der Waals surface area contributed by atoms with Gasteiger partial charge in [0.1, 0.15) is 18.3 Å². The monoisotopic (exact) mass is 591 g/mol. The zero-order chi connectivity index (χ0) is 30.4. The fourth-order valence-corrected chi connectivity index (χ4v) is 6.86. The van der Waals surface area contributed by atoms with Gasteiger partial charge in [-0.2, -0.15) is 0 Å². The third-order valence-electron chi connectivity index (χ3n) is 7.86. The molecular formula is C33H41N3O5S. The van der Waals surface area contributed by atoms with E-state index in [0.717, 1.165) is 52.2 Å². The number of anilines is 1. The van der Waals surface area contributed by atoms with E-state index in [2.05, 4.69) is 5.32 Å². The van der Waals surface area contributed by atoms with Gasteiger partial charge in [0, 0.05) is 12.6 Å². The largest absolute Gasteiger partial charge is 0.497 e. The minimum atomic E-state index is -4.12. The molecule has 42 heavy (non-hydrogen) atoms. The van der Waals surface area contributed by atoms with Crippen LogP contribution in [0.1, 0.15) is 54.9 Å². The molecule has 0 unspecified atom stereocenters. The van der Waals surface area contributed by atoms with Gasteiger partial charge in [0.2, 0.25) is 11.8 Å². The van der Waals surface area contributed by atoms with Gasteiger partial charge in [0.25, 0.3) is 10.0 Å². The summed E-state index contributed by atoms with van der Waals surface area (Å²) in [6, 6.07) is 18.6. The number of benzene rings is 3. The highest BCUT2D eigenvalue weighted by Gasteiger charge is 2.34. The maximum atomic E-state index is 14.2. The fraction of sp³-hybridized carbons (Fsp3) is 0.394. The van der Waals surface area contributed by atoms with E-state index in [1.807, 2.05) is 57.2 Å². The molecule has 0 spiro atoms. The molecule has 1 aliphatic rings. The summed E-state index contributed by atoms with van der Waals surface area (Å²) >= 11 is 0. The predicted molar refractivity (Wildman–Crippen MR) is 165 cm³/mol. The van der Waals surface area contributed by atoms with Crippen LogP contribution in [0.25, 0.3) is 0 Å². The van der Waals surface area contributed by atoms with Crippen molar-refractivity contribution in [3.8, 4) is 5.75 Å². The van der Waals surface area contributed by atoms with Crippen molar-refractivity contribution < 1.29 is 22.7 Å². The number of carbonyl (C=O) groups excluding carboxylic acids is 2. The number of aryl methyl sites for hydroxylation is 3. The summed E-state index contributed by atoms with van der Waals surface area (Å²) in [5.74, 6) is -0.109. The molecule has 3 aromatic carbocycles. The molecule has 1 fully saturated rings. The van der Waals surface area contributed by atoms with Gasteiger partial charge in [-0.25, -0.2) is 8.42 Å². The van der Waals surface area contributed by atoms with Crippen LogP contribution in [0.15, 0.2) is 71.6 Å². The minimum Gasteiger partial charge on any atom is -0.497 e. The zero-order valence-corrected chi connectivity index (χ0v) is 25.9. The van der Waals surface area contributed by atoms with E-state index in [-0.39, 0.29) is 23.4 Å². The van der Waals surface area contributed by atoms with Crippen LogP contribution in [0.4, 0.5) is 5.69 Å². The molecule has 0 saturated heterocycles. The van der Waals surface area contributed by atoms with Crippen LogP contribution in [0.2, 0.25) is 0 Å². The Morgan fingerprint density at radius 3 is 2.26 bits per heavy atom. The maximum absolute atomic E-state index is 14.2. The molecule has 1 aliphatic carbocycles. The quantitative estimate of drug-likeness (QED) is 0.327. The van der Waals surface area contributed by atoms with Gasteiger partial charge in [-0.1, -0.05) is 60.4 Å². The first-order chi connectivity index (χ1) is 20.0. The van der Waals surface area contributed by atoms with Crippen molar-refractivity contribution in [1.29, 1.82) is 0 Å². The summed E-state index contributed by atoms with van der Waals surface area (Å²) in [4.78, 5) is 29.1. The van der Waals surface area contributed by atoms with Crippen LogP contribution in [-0.4, -0.2) is 50.9 Å². The van der Waals surface area contributed by atoms with E-state index in [9.17, 15) is 18.0 Å². The number of hydrogen-bond acceptors (Lipinski definition) is 5. The SMILES string of the molecule is COc1cccc(CN(C(=O)CN(c2ccc(C)cc2C)S(=O)(=O)c2ccc(C)cc2)[C@@H](C)C(=O)NC2CCCC2)c1. The second kappa shape index (κ2) is 13.4. The predicted octanol–water partition coefficient (Wildman–Crippen LogP) is 5.29. The molecule has 0 heterocycles. The molecule has 1 saturated carbocycles. The standard InChI is InChI=1S/C33H41N3O5S/c1-23-13-16-30(17-14-23)42(39,40)36(31-18-15-24(2)19-25(31)3)22-32(37)35(21-27-9-8-12-29(20-27)41-5)26(4)33(38)34-28-10-6-7-11-28/h8-9,12-20,26,28H,6-7,10-11,21-22H2,1-5H3,(H,34,38)/t26-/m0/s1. The van der Waals surface area contributed by atoms with Gasteiger partial charge in [0.05, 0.1) is 17.7 Å². The number of amides is 2. The van der Waals surface area contributed by atoms with Crippen molar-refractivity contribution in [1.82, 2.24) is 10.2 Å². The third kappa shape index (κ3) is 7.31. The number of ether oxygens (including phenoxy) is 1. The lowest BCUT2D eigenvalue weighted by Gasteiger charge is -2.33. The highest BCUT2D eigenvalue weighted by molar-refractivity contribution is 7.92. The molecule has 1 N–H and O–H groups in total. The van der Waals surface area contributed by atoms with Gasteiger partial charge in [-0.3, -0.25) is 13.9 Å². The minimum absolute atomic E-state index is 0.0855. The number of carbonyl (C=O) groups is 2. The molecule has 224 valence electrons. The Morgan fingerprint density at radius 1 is 0.952 bits per heavy atom. The highest BCUT2D eigenvalue weighted by atomic mass is 32.2. The number of nitrogens with one attached hydrogen (secondary N) is 1. The number of methoxy groups -OCH3 is 1. The van der Waals surface area contributed by atoms with E-state index < -0.39 is 28.5 Å². The Hall–Kier alpha value is -3.85. The first-order valence-corrected chi connectivity index (χ1v) is 15.8. The molecule has 0 radical (unpaired) electrons. The Bertz CT molecular complexity index is 1510. The normalized spacial score (nSPS) is 14.3. The fourth-order valence-electron chi connectivity index (χ4n) is 5.38. The van der Waals surface area contributed by atoms with Gasteiger partial charge in [-0.05, 0) is 82.0 Å². The third-order valence-corrected chi connectivity index (χ3v) is 9.64. The lowest BCUT2D eigenvalue weighted by Crippen LogP contribution is -2.52. The average Bonchev–Trinajstić information content (AvgIpc) is 3.48. The second-order valence-corrected chi connectivity index (χ2v) is 13.0. The Balaban J connectivity index is 1.72. The van der Waals surface area contributed by atoms with E-state index in [1.165, 1.54) is 4.90 Å². The summed E-state index contributed by atoms with van der Waals surface area (Å²) in [6.07, 6.45) is 3.95. The Labute approximate surface area is 249 Å². The van der Waals surface area contributed by atoms with Gasteiger partial charge < -0.3 is 15.0 Å². The summed E-state index contributed by atoms with van der Waals surface area (Å²) in [7, 11) is -2.55. The van der Waals surface area contributed by atoms with Crippen molar-refractivity contribution in [2.45, 2.75) is 76.9 Å². The maximum Gasteiger partial charge on any atom is 0.264 e. The van der Waals surface area contributed by atoms with Crippen molar-refractivity contribution in [3.05, 3.63) is 89.0 Å². The zero-order valence-electron chi connectivity index (χ0n) is 25.1. The molecule has 4 rings (SSSR count). The molecule has 1 atom stereocenters. The molecule has 0 aliphatic heterocycles. The molecule has 9 heteroatoms. The average molecular weight is 592 g/mol. The van der Waals surface area contributed by atoms with Crippen LogP contribution in [0.3, 0.4) is 0 Å². The van der Waals surface area contributed by atoms with Crippen LogP contribution in [-0.2, 0) is 26.2 Å². The first kappa shape index (κ1) is 31.1. The van der Waals surface area contributed by atoms with E-state index >= 15 is 0 Å². The molecular weight excluding hydrogens is 550 g/mol. The molecule has 8 nitrogen and oxygen atoms in total.